The minimum atomic E-state index is -0.365. The second kappa shape index (κ2) is 7.92. The number of methoxy groups -OCH3 is 1. The summed E-state index contributed by atoms with van der Waals surface area (Å²) in [5.74, 6) is -0.395. The number of rotatable bonds is 7. The van der Waals surface area contributed by atoms with Crippen molar-refractivity contribution in [2.45, 2.75) is 6.42 Å². The first-order chi connectivity index (χ1) is 9.17. The Hall–Kier alpha value is -2.30. The van der Waals surface area contributed by atoms with E-state index in [1.165, 1.54) is 7.11 Å². The number of ether oxygens (including phenoxy) is 1. The maximum atomic E-state index is 11.3. The average molecular weight is 262 g/mol. The van der Waals surface area contributed by atoms with Crippen molar-refractivity contribution in [2.75, 3.05) is 25.5 Å². The largest absolute Gasteiger partial charge is 0.465 e. The summed E-state index contributed by atoms with van der Waals surface area (Å²) >= 11 is 0. The molecule has 0 atom stereocenters. The van der Waals surface area contributed by atoms with Gasteiger partial charge in [0.25, 0.3) is 0 Å². The zero-order chi connectivity index (χ0) is 14.1. The van der Waals surface area contributed by atoms with Crippen LogP contribution in [0.5, 0.6) is 0 Å². The Balaban J connectivity index is 2.36. The van der Waals surface area contributed by atoms with Crippen LogP contribution in [0, 0.1) is 0 Å². The number of amides is 1. The molecule has 0 spiro atoms. The van der Waals surface area contributed by atoms with Crippen LogP contribution < -0.4 is 10.6 Å². The molecule has 19 heavy (non-hydrogen) atoms. The number of hydrogen-bond acceptors (Lipinski definition) is 4. The van der Waals surface area contributed by atoms with Gasteiger partial charge in [0, 0.05) is 25.2 Å². The number of anilines is 1. The van der Waals surface area contributed by atoms with E-state index in [1.807, 2.05) is 0 Å². The van der Waals surface area contributed by atoms with Crippen LogP contribution >= 0.6 is 0 Å². The van der Waals surface area contributed by atoms with Gasteiger partial charge in [-0.05, 0) is 24.3 Å². The van der Waals surface area contributed by atoms with Crippen LogP contribution in [-0.4, -0.2) is 32.1 Å². The van der Waals surface area contributed by atoms with Gasteiger partial charge in [-0.15, -0.1) is 6.58 Å². The molecule has 2 N–H and O–H groups in total. The molecule has 1 rings (SSSR count). The van der Waals surface area contributed by atoms with Crippen molar-refractivity contribution in [1.29, 1.82) is 0 Å². The first kappa shape index (κ1) is 14.8. The van der Waals surface area contributed by atoms with Gasteiger partial charge in [-0.25, -0.2) is 4.79 Å². The fourth-order valence-corrected chi connectivity index (χ4v) is 1.44. The Morgan fingerprint density at radius 2 is 2.00 bits per heavy atom. The Morgan fingerprint density at radius 3 is 2.58 bits per heavy atom. The Labute approximate surface area is 112 Å². The highest BCUT2D eigenvalue weighted by atomic mass is 16.5. The maximum absolute atomic E-state index is 11.3. The van der Waals surface area contributed by atoms with Gasteiger partial charge in [-0.3, -0.25) is 4.79 Å². The summed E-state index contributed by atoms with van der Waals surface area (Å²) in [5, 5.41) is 5.79. The molecule has 102 valence electrons. The molecule has 0 aliphatic heterocycles. The number of benzene rings is 1. The minimum absolute atomic E-state index is 0.0291. The van der Waals surface area contributed by atoms with Crippen LogP contribution in [0.15, 0.2) is 36.9 Å². The summed E-state index contributed by atoms with van der Waals surface area (Å²) < 4.78 is 4.61. The lowest BCUT2D eigenvalue weighted by atomic mass is 10.2. The number of hydrogen-bond donors (Lipinski definition) is 2. The highest BCUT2D eigenvalue weighted by Crippen LogP contribution is 2.10. The second-order valence-corrected chi connectivity index (χ2v) is 3.84. The molecule has 5 heteroatoms. The van der Waals surface area contributed by atoms with Crippen molar-refractivity contribution < 1.29 is 14.3 Å². The summed E-state index contributed by atoms with van der Waals surface area (Å²) in [6.45, 7) is 4.53. The first-order valence-corrected chi connectivity index (χ1v) is 5.97. The lowest BCUT2D eigenvalue weighted by molar-refractivity contribution is -0.120. The molecule has 0 saturated carbocycles. The van der Waals surface area contributed by atoms with E-state index < -0.39 is 0 Å². The van der Waals surface area contributed by atoms with Crippen molar-refractivity contribution in [3.8, 4) is 0 Å². The van der Waals surface area contributed by atoms with Gasteiger partial charge >= 0.3 is 5.97 Å². The average Bonchev–Trinajstić information content (AvgIpc) is 2.45. The normalized spacial score (nSPS) is 9.53. The predicted octanol–water partition coefficient (Wildman–Crippen LogP) is 1.58. The highest BCUT2D eigenvalue weighted by Gasteiger charge is 2.04. The molecule has 1 aromatic carbocycles. The Bertz CT molecular complexity index is 441. The van der Waals surface area contributed by atoms with Gasteiger partial charge in [-0.1, -0.05) is 6.08 Å². The van der Waals surface area contributed by atoms with E-state index in [2.05, 4.69) is 21.9 Å². The molecule has 0 saturated heterocycles. The first-order valence-electron chi connectivity index (χ1n) is 5.97. The van der Waals surface area contributed by atoms with E-state index in [1.54, 1.807) is 30.3 Å². The summed E-state index contributed by atoms with van der Waals surface area (Å²) in [7, 11) is 1.34. The van der Waals surface area contributed by atoms with Crippen molar-refractivity contribution in [3.05, 3.63) is 42.5 Å². The van der Waals surface area contributed by atoms with Crippen LogP contribution in [-0.2, 0) is 9.53 Å². The van der Waals surface area contributed by atoms with Crippen LogP contribution in [0.2, 0.25) is 0 Å². The summed E-state index contributed by atoms with van der Waals surface area (Å²) in [4.78, 5) is 22.5. The van der Waals surface area contributed by atoms with Crippen molar-refractivity contribution in [3.63, 3.8) is 0 Å². The third-order valence-electron chi connectivity index (χ3n) is 2.43. The molecular formula is C14H18N2O3. The molecule has 0 aromatic heterocycles. The van der Waals surface area contributed by atoms with E-state index in [4.69, 9.17) is 0 Å². The lowest BCUT2D eigenvalue weighted by Crippen LogP contribution is -2.25. The van der Waals surface area contributed by atoms with Gasteiger partial charge in [-0.2, -0.15) is 0 Å². The van der Waals surface area contributed by atoms with Crippen molar-refractivity contribution in [2.24, 2.45) is 0 Å². The van der Waals surface area contributed by atoms with Gasteiger partial charge in [0.05, 0.1) is 12.7 Å². The molecule has 0 bridgehead atoms. The van der Waals surface area contributed by atoms with E-state index >= 15 is 0 Å². The Morgan fingerprint density at radius 1 is 1.32 bits per heavy atom. The Kier molecular flexibility index (Phi) is 6.15. The summed E-state index contributed by atoms with van der Waals surface area (Å²) in [6.07, 6.45) is 2.02. The summed E-state index contributed by atoms with van der Waals surface area (Å²) in [5.41, 5.74) is 1.35. The molecule has 1 aromatic rings. The monoisotopic (exact) mass is 262 g/mol. The van der Waals surface area contributed by atoms with Crippen molar-refractivity contribution in [1.82, 2.24) is 5.32 Å². The minimum Gasteiger partial charge on any atom is -0.465 e. The van der Waals surface area contributed by atoms with Gasteiger partial charge < -0.3 is 15.4 Å². The van der Waals surface area contributed by atoms with E-state index in [0.717, 1.165) is 5.69 Å². The molecule has 0 unspecified atom stereocenters. The smallest absolute Gasteiger partial charge is 0.337 e. The molecule has 0 fully saturated rings. The molecule has 0 aliphatic carbocycles. The quantitative estimate of drug-likeness (QED) is 0.578. The predicted molar refractivity (Wildman–Crippen MR) is 74.1 cm³/mol. The number of esters is 1. The van der Waals surface area contributed by atoms with E-state index in [-0.39, 0.29) is 11.9 Å². The van der Waals surface area contributed by atoms with Crippen LogP contribution in [0.25, 0.3) is 0 Å². The second-order valence-electron chi connectivity index (χ2n) is 3.84. The van der Waals surface area contributed by atoms with Gasteiger partial charge in [0.2, 0.25) is 5.91 Å². The van der Waals surface area contributed by atoms with Gasteiger partial charge in [0.1, 0.15) is 0 Å². The topological polar surface area (TPSA) is 67.4 Å². The number of carbonyl (C=O) groups is 2. The van der Waals surface area contributed by atoms with E-state index in [0.29, 0.717) is 25.1 Å². The highest BCUT2D eigenvalue weighted by molar-refractivity contribution is 5.89. The SMILES string of the molecule is C=CCNC(=O)CCNc1ccc(C(=O)OC)cc1. The fraction of sp³-hybridized carbons (Fsp3) is 0.286. The molecule has 1 amide bonds. The zero-order valence-electron chi connectivity index (χ0n) is 10.9. The molecule has 0 aliphatic rings. The molecular weight excluding hydrogens is 244 g/mol. The number of carbonyl (C=O) groups excluding carboxylic acids is 2. The van der Waals surface area contributed by atoms with Crippen LogP contribution in [0.3, 0.4) is 0 Å². The molecule has 0 radical (unpaired) electrons. The third-order valence-corrected chi connectivity index (χ3v) is 2.43. The summed E-state index contributed by atoms with van der Waals surface area (Å²) in [6, 6.07) is 6.89. The van der Waals surface area contributed by atoms with Crippen molar-refractivity contribution >= 4 is 17.6 Å². The zero-order valence-corrected chi connectivity index (χ0v) is 10.9. The van der Waals surface area contributed by atoms with Crippen LogP contribution in [0.4, 0.5) is 5.69 Å². The lowest BCUT2D eigenvalue weighted by Gasteiger charge is -2.07. The maximum Gasteiger partial charge on any atom is 0.337 e. The molecule has 5 nitrogen and oxygen atoms in total. The third kappa shape index (κ3) is 5.25. The van der Waals surface area contributed by atoms with E-state index in [9.17, 15) is 9.59 Å². The standard InChI is InChI=1S/C14H18N2O3/c1-3-9-16-13(17)8-10-15-12-6-4-11(5-7-12)14(18)19-2/h3-7,15H,1,8-10H2,2H3,(H,16,17). The van der Waals surface area contributed by atoms with Gasteiger partial charge in [0.15, 0.2) is 0 Å². The fourth-order valence-electron chi connectivity index (χ4n) is 1.44. The number of nitrogens with one attached hydrogen (secondary N) is 2. The van der Waals surface area contributed by atoms with Crippen LogP contribution in [0.1, 0.15) is 16.8 Å². The molecule has 0 heterocycles.